The summed E-state index contributed by atoms with van der Waals surface area (Å²) in [5.74, 6) is -1.66. The van der Waals surface area contributed by atoms with Crippen molar-refractivity contribution in [3.63, 3.8) is 0 Å². The summed E-state index contributed by atoms with van der Waals surface area (Å²) < 4.78 is 0. The van der Waals surface area contributed by atoms with Crippen LogP contribution in [0.15, 0.2) is 18.6 Å². The van der Waals surface area contributed by atoms with Crippen molar-refractivity contribution < 1.29 is 28.8 Å². The van der Waals surface area contributed by atoms with Crippen molar-refractivity contribution >= 4 is 59.7 Å². The molecule has 3 rings (SSSR count). The van der Waals surface area contributed by atoms with Gasteiger partial charge in [-0.25, -0.2) is 4.98 Å². The molecule has 2 fully saturated rings. The van der Waals surface area contributed by atoms with Crippen LogP contribution in [0.25, 0.3) is 0 Å². The maximum absolute atomic E-state index is 13.1. The average Bonchev–Trinajstić information content (AvgIpc) is 4.05. The van der Waals surface area contributed by atoms with Gasteiger partial charge in [0.1, 0.15) is 11.7 Å². The monoisotopic (exact) mass is 845 g/mol. The number of nitrogens with one attached hydrogen (secondary N) is 4. The molecular weight excluding hydrogens is 765 g/mol. The fraction of sp³-hybridized carbons (Fsp3) is 0.756. The number of Topliss-reactive ketones (excluding diaryl/α,β-unsaturated/α-hetero) is 1. The number of thioether (sulfide) groups is 1. The van der Waals surface area contributed by atoms with Crippen LogP contribution < -0.4 is 27.0 Å². The molecule has 14 nitrogen and oxygen atoms in total. The molecule has 1 heterocycles. The van der Waals surface area contributed by atoms with E-state index in [0.717, 1.165) is 24.5 Å². The second-order valence-electron chi connectivity index (χ2n) is 13.2. The molecule has 0 spiro atoms. The second kappa shape index (κ2) is 42.4. The number of thiol groups is 1. The molecule has 2 saturated carbocycles. The number of aromatic nitrogens is 2. The molecule has 2 aliphatic carbocycles. The predicted molar refractivity (Wildman–Crippen MR) is 240 cm³/mol. The Morgan fingerprint density at radius 3 is 1.79 bits per heavy atom. The Balaban J connectivity index is -0.000000614. The molecule has 0 aromatic carbocycles. The first-order valence-corrected chi connectivity index (χ1v) is 22.5. The van der Waals surface area contributed by atoms with Crippen LogP contribution in [0.1, 0.15) is 144 Å². The van der Waals surface area contributed by atoms with E-state index in [1.165, 1.54) is 82.4 Å². The van der Waals surface area contributed by atoms with Gasteiger partial charge in [-0.1, -0.05) is 114 Å². The minimum absolute atomic E-state index is 0.0172. The third-order valence-corrected chi connectivity index (χ3v) is 8.37. The summed E-state index contributed by atoms with van der Waals surface area (Å²) in [6, 6.07) is -0.986. The molecule has 1 aromatic rings. The summed E-state index contributed by atoms with van der Waals surface area (Å²) in [6.45, 7) is 21.1. The summed E-state index contributed by atoms with van der Waals surface area (Å²) in [5.41, 5.74) is 4.54. The number of ketones is 1. The number of amides is 5. The van der Waals surface area contributed by atoms with Crippen LogP contribution in [0.2, 0.25) is 0 Å². The van der Waals surface area contributed by atoms with Crippen LogP contribution >= 0.6 is 24.4 Å². The Morgan fingerprint density at radius 2 is 1.35 bits per heavy atom. The lowest BCUT2D eigenvalue weighted by Crippen LogP contribution is -2.53. The Hall–Kier alpha value is -3.24. The fourth-order valence-electron chi connectivity index (χ4n) is 4.19. The van der Waals surface area contributed by atoms with Crippen LogP contribution in [0.5, 0.6) is 0 Å². The van der Waals surface area contributed by atoms with Gasteiger partial charge in [0, 0.05) is 36.0 Å². The molecule has 0 saturated heterocycles. The van der Waals surface area contributed by atoms with Gasteiger partial charge in [0.2, 0.25) is 23.5 Å². The average molecular weight is 845 g/mol. The third-order valence-electron chi connectivity index (χ3n) is 6.68. The number of carbonyl (C=O) groups is 6. The minimum atomic E-state index is -1.00. The predicted octanol–water partition coefficient (Wildman–Crippen LogP) is 5.60. The first-order valence-electron chi connectivity index (χ1n) is 20.8. The van der Waals surface area contributed by atoms with Gasteiger partial charge in [-0.05, 0) is 38.5 Å². The van der Waals surface area contributed by atoms with Gasteiger partial charge in [-0.15, -0.1) is 0 Å². The second-order valence-corrected chi connectivity index (χ2v) is 15.2. The zero-order valence-corrected chi connectivity index (χ0v) is 39.1. The zero-order valence-electron chi connectivity index (χ0n) is 37.4. The number of carbonyl (C=O) groups excluding carboxylic acids is 6. The van der Waals surface area contributed by atoms with Gasteiger partial charge >= 0.3 is 0 Å². The fourth-order valence-corrected chi connectivity index (χ4v) is 5.30. The maximum Gasteiger partial charge on any atom is 0.289 e. The topological polar surface area (TPSA) is 206 Å². The molecule has 16 heteroatoms. The molecule has 1 aromatic heterocycles. The Labute approximate surface area is 355 Å². The summed E-state index contributed by atoms with van der Waals surface area (Å²) in [5, 5.41) is 9.79. The first-order chi connectivity index (χ1) is 27.2. The van der Waals surface area contributed by atoms with Gasteiger partial charge in [0.15, 0.2) is 0 Å². The highest BCUT2D eigenvalue weighted by atomic mass is 32.2. The van der Waals surface area contributed by atoms with Gasteiger partial charge in [0.05, 0.1) is 25.8 Å². The van der Waals surface area contributed by atoms with E-state index in [2.05, 4.69) is 84.2 Å². The number of hydrogen-bond donors (Lipinski definition) is 6. The van der Waals surface area contributed by atoms with E-state index in [9.17, 15) is 28.8 Å². The molecule has 6 N–H and O–H groups in total. The van der Waals surface area contributed by atoms with E-state index in [-0.39, 0.29) is 30.1 Å². The molecule has 57 heavy (non-hydrogen) atoms. The van der Waals surface area contributed by atoms with Crippen molar-refractivity contribution in [2.24, 2.45) is 11.7 Å². The van der Waals surface area contributed by atoms with Crippen molar-refractivity contribution in [3.05, 3.63) is 24.3 Å². The van der Waals surface area contributed by atoms with E-state index >= 15 is 0 Å². The summed E-state index contributed by atoms with van der Waals surface area (Å²) in [7, 11) is 1.50. The smallest absolute Gasteiger partial charge is 0.289 e. The van der Waals surface area contributed by atoms with Gasteiger partial charge in [0.25, 0.3) is 11.8 Å². The number of nitrogens with two attached hydrogens (primary N) is 1. The minimum Gasteiger partial charge on any atom is -0.347 e. The van der Waals surface area contributed by atoms with E-state index in [1.54, 1.807) is 11.8 Å². The summed E-state index contributed by atoms with van der Waals surface area (Å²) in [6.07, 6.45) is 15.9. The van der Waals surface area contributed by atoms with Gasteiger partial charge in [-0.2, -0.15) is 24.4 Å². The van der Waals surface area contributed by atoms with Crippen LogP contribution in [0, 0.1) is 5.92 Å². The van der Waals surface area contributed by atoms with Crippen LogP contribution in [0.3, 0.4) is 0 Å². The Kier molecular flexibility index (Phi) is 44.9. The Morgan fingerprint density at radius 1 is 0.842 bits per heavy atom. The van der Waals surface area contributed by atoms with Crippen molar-refractivity contribution in [2.45, 2.75) is 151 Å². The van der Waals surface area contributed by atoms with Crippen LogP contribution in [-0.2, 0) is 24.0 Å². The molecule has 2 atom stereocenters. The number of hydrogen-bond acceptors (Lipinski definition) is 11. The summed E-state index contributed by atoms with van der Waals surface area (Å²) >= 11 is 5.75. The third kappa shape index (κ3) is 38.1. The molecule has 0 bridgehead atoms. The maximum atomic E-state index is 13.1. The summed E-state index contributed by atoms with van der Waals surface area (Å²) in [4.78, 5) is 82.7. The molecule has 0 radical (unpaired) electrons. The lowest BCUT2D eigenvalue weighted by Gasteiger charge is -2.28. The SMILES string of the molecule is C1CCCCC1.CC.CC.CC(C)C.CC(CN(CC(=O)NCC(=O)C(=O)NC1CC1)C(=O)C(C)NC(=O)CNC(=O)c1cnccn1)SCCS.CCC.CN. The first kappa shape index (κ1) is 60.4. The molecule has 5 amide bonds. The molecule has 0 aliphatic heterocycles. The van der Waals surface area contributed by atoms with E-state index in [4.69, 9.17) is 0 Å². The molecular formula is C41H80N8O6S2. The van der Waals surface area contributed by atoms with Crippen molar-refractivity contribution in [3.8, 4) is 0 Å². The van der Waals surface area contributed by atoms with Gasteiger partial charge in [-0.3, -0.25) is 33.8 Å². The van der Waals surface area contributed by atoms with Gasteiger partial charge < -0.3 is 31.9 Å². The highest BCUT2D eigenvalue weighted by Gasteiger charge is 2.28. The normalized spacial score (nSPS) is 13.1. The van der Waals surface area contributed by atoms with Crippen molar-refractivity contribution in [1.82, 2.24) is 36.1 Å². The quantitative estimate of drug-likeness (QED) is 0.0898. The lowest BCUT2D eigenvalue weighted by molar-refractivity contribution is -0.140. The van der Waals surface area contributed by atoms with Crippen molar-refractivity contribution in [2.75, 3.05) is 44.7 Å². The van der Waals surface area contributed by atoms with E-state index in [0.29, 0.717) is 5.75 Å². The standard InChI is InChI=1S/C23H33N7O6S2.C6H12.C4H10.C3H8.2C2H6.CH5N/c1-14(38-8-7-37)12-30(13-20(33)26-10-18(31)22(35)29-16-3-4-16)23(36)15(2)28-19(32)11-27-21(34)17-9-24-5-6-25-17;1-2-4-6-5-3-1;1-4(2)3;1-3-2;3*1-2/h5-6,9,14-16,37H,3-4,7-8,10-13H2,1-2H3,(H,26,33)(H,27,34)(H,28,32)(H,29,35);1-6H2;4H,1-3H3;3H2,1-2H3;2*1-2H3;2H2,1H3. The van der Waals surface area contributed by atoms with Crippen molar-refractivity contribution in [1.29, 1.82) is 0 Å². The molecule has 2 aliphatic rings. The largest absolute Gasteiger partial charge is 0.347 e. The van der Waals surface area contributed by atoms with Crippen LogP contribution in [0.4, 0.5) is 0 Å². The number of nitrogens with zero attached hydrogens (tertiary/aromatic N) is 3. The lowest BCUT2D eigenvalue weighted by atomic mass is 10.0. The Bertz CT molecular complexity index is 1160. The van der Waals surface area contributed by atoms with Crippen LogP contribution in [-0.4, -0.2) is 112 Å². The molecule has 332 valence electrons. The zero-order chi connectivity index (χ0) is 44.6. The highest BCUT2D eigenvalue weighted by molar-refractivity contribution is 8.00. The molecule has 2 unspecified atom stereocenters. The highest BCUT2D eigenvalue weighted by Crippen LogP contribution is 2.18. The number of rotatable bonds is 16. The van der Waals surface area contributed by atoms with E-state index < -0.39 is 54.5 Å². The van der Waals surface area contributed by atoms with E-state index in [1.807, 2.05) is 34.6 Å².